The predicted molar refractivity (Wildman–Crippen MR) is 78.0 cm³/mol. The quantitative estimate of drug-likeness (QED) is 0.855. The van der Waals surface area contributed by atoms with E-state index < -0.39 is 0 Å². The fourth-order valence-electron chi connectivity index (χ4n) is 2.63. The molecule has 0 aliphatic carbocycles. The van der Waals surface area contributed by atoms with Gasteiger partial charge in [0.05, 0.1) is 0 Å². The Labute approximate surface area is 114 Å². The lowest BCUT2D eigenvalue weighted by Crippen LogP contribution is -1.98. The van der Waals surface area contributed by atoms with Crippen LogP contribution in [0.5, 0.6) is 11.5 Å². The summed E-state index contributed by atoms with van der Waals surface area (Å²) in [4.78, 5) is 0. The van der Waals surface area contributed by atoms with E-state index in [1.165, 1.54) is 5.56 Å². The van der Waals surface area contributed by atoms with E-state index >= 15 is 0 Å². The monoisotopic (exact) mass is 256 g/mol. The third-order valence-corrected chi connectivity index (χ3v) is 3.63. The standard InChI is InChI=1S/C17H20O2/c1-10-5-11(2)16(17(19)6-10)9-15-12(3)7-14(18)8-13(15)4/h5-8,18-19H,9H2,1-4H3. The third kappa shape index (κ3) is 2.73. The fourth-order valence-corrected chi connectivity index (χ4v) is 2.63. The summed E-state index contributed by atoms with van der Waals surface area (Å²) in [7, 11) is 0. The summed E-state index contributed by atoms with van der Waals surface area (Å²) in [6.07, 6.45) is 0.690. The van der Waals surface area contributed by atoms with Gasteiger partial charge in [0.25, 0.3) is 0 Å². The number of hydrogen-bond acceptors (Lipinski definition) is 2. The molecule has 0 fully saturated rings. The molecule has 0 heterocycles. The van der Waals surface area contributed by atoms with Crippen LogP contribution >= 0.6 is 0 Å². The summed E-state index contributed by atoms with van der Waals surface area (Å²) >= 11 is 0. The number of hydrogen-bond donors (Lipinski definition) is 2. The number of aromatic hydroxyl groups is 2. The van der Waals surface area contributed by atoms with Gasteiger partial charge in [0, 0.05) is 12.0 Å². The maximum atomic E-state index is 10.1. The molecule has 0 amide bonds. The van der Waals surface area contributed by atoms with E-state index in [9.17, 15) is 10.2 Å². The Morgan fingerprint density at radius 1 is 0.737 bits per heavy atom. The van der Waals surface area contributed by atoms with Crippen molar-refractivity contribution in [2.75, 3.05) is 0 Å². The minimum Gasteiger partial charge on any atom is -0.508 e. The van der Waals surface area contributed by atoms with Crippen molar-refractivity contribution in [3.8, 4) is 11.5 Å². The fraction of sp³-hybridized carbons (Fsp3) is 0.294. The van der Waals surface area contributed by atoms with Crippen LogP contribution in [-0.2, 0) is 6.42 Å². The molecule has 2 N–H and O–H groups in total. The average molecular weight is 256 g/mol. The van der Waals surface area contributed by atoms with Gasteiger partial charge in [-0.1, -0.05) is 6.07 Å². The first-order valence-electron chi connectivity index (χ1n) is 6.46. The van der Waals surface area contributed by atoms with Gasteiger partial charge in [0.15, 0.2) is 0 Å². The molecule has 0 aromatic heterocycles. The number of benzene rings is 2. The Morgan fingerprint density at radius 2 is 1.26 bits per heavy atom. The van der Waals surface area contributed by atoms with Crippen molar-refractivity contribution in [1.82, 2.24) is 0 Å². The summed E-state index contributed by atoms with van der Waals surface area (Å²) in [5.41, 5.74) is 6.40. The molecule has 0 aliphatic heterocycles. The first-order valence-corrected chi connectivity index (χ1v) is 6.46. The average Bonchev–Trinajstić information content (AvgIpc) is 2.25. The lowest BCUT2D eigenvalue weighted by Gasteiger charge is -2.14. The largest absolute Gasteiger partial charge is 0.508 e. The Morgan fingerprint density at radius 3 is 1.79 bits per heavy atom. The highest BCUT2D eigenvalue weighted by Crippen LogP contribution is 2.29. The number of aryl methyl sites for hydroxylation is 4. The van der Waals surface area contributed by atoms with Crippen LogP contribution in [-0.4, -0.2) is 10.2 Å². The molecule has 2 nitrogen and oxygen atoms in total. The van der Waals surface area contributed by atoms with Gasteiger partial charge < -0.3 is 10.2 Å². The molecule has 0 bridgehead atoms. The highest BCUT2D eigenvalue weighted by molar-refractivity contribution is 5.49. The van der Waals surface area contributed by atoms with E-state index in [4.69, 9.17) is 0 Å². The van der Waals surface area contributed by atoms with E-state index in [0.29, 0.717) is 17.9 Å². The molecule has 0 atom stereocenters. The van der Waals surface area contributed by atoms with Crippen molar-refractivity contribution < 1.29 is 10.2 Å². The molecule has 0 radical (unpaired) electrons. The van der Waals surface area contributed by atoms with Crippen molar-refractivity contribution in [3.63, 3.8) is 0 Å². The van der Waals surface area contributed by atoms with Gasteiger partial charge in [-0.2, -0.15) is 0 Å². The lowest BCUT2D eigenvalue weighted by molar-refractivity contribution is 0.468. The van der Waals surface area contributed by atoms with Crippen molar-refractivity contribution in [2.24, 2.45) is 0 Å². The molecule has 2 aromatic rings. The predicted octanol–water partition coefficient (Wildman–Crippen LogP) is 3.92. The van der Waals surface area contributed by atoms with Crippen LogP contribution < -0.4 is 0 Å². The van der Waals surface area contributed by atoms with E-state index in [0.717, 1.165) is 27.8 Å². The molecular weight excluding hydrogens is 236 g/mol. The molecule has 100 valence electrons. The smallest absolute Gasteiger partial charge is 0.119 e. The second-order valence-electron chi connectivity index (χ2n) is 5.31. The molecule has 0 saturated carbocycles. The third-order valence-electron chi connectivity index (χ3n) is 3.63. The molecule has 0 unspecified atom stereocenters. The molecule has 2 rings (SSSR count). The second-order valence-corrected chi connectivity index (χ2v) is 5.31. The van der Waals surface area contributed by atoms with E-state index in [2.05, 4.69) is 6.07 Å². The van der Waals surface area contributed by atoms with Crippen molar-refractivity contribution in [3.05, 3.63) is 57.6 Å². The highest BCUT2D eigenvalue weighted by Gasteiger charge is 2.11. The zero-order valence-corrected chi connectivity index (χ0v) is 11.9. The Balaban J connectivity index is 2.48. The van der Waals surface area contributed by atoms with Crippen molar-refractivity contribution in [2.45, 2.75) is 34.1 Å². The van der Waals surface area contributed by atoms with Gasteiger partial charge >= 0.3 is 0 Å². The van der Waals surface area contributed by atoms with Gasteiger partial charge in [-0.05, 0) is 73.7 Å². The molecule has 2 aromatic carbocycles. The topological polar surface area (TPSA) is 40.5 Å². The van der Waals surface area contributed by atoms with Crippen LogP contribution in [0.4, 0.5) is 0 Å². The molecule has 0 aliphatic rings. The SMILES string of the molecule is Cc1cc(C)c(Cc2c(C)cc(O)cc2C)c(O)c1. The molecular formula is C17H20O2. The summed E-state index contributed by atoms with van der Waals surface area (Å²) in [6.45, 7) is 7.98. The zero-order valence-electron chi connectivity index (χ0n) is 11.9. The summed E-state index contributed by atoms with van der Waals surface area (Å²) in [5.74, 6) is 0.646. The van der Waals surface area contributed by atoms with E-state index in [1.54, 1.807) is 18.2 Å². The Bertz CT molecular complexity index is 526. The molecule has 0 saturated heterocycles. The normalized spacial score (nSPS) is 10.7. The second kappa shape index (κ2) is 4.96. The maximum absolute atomic E-state index is 10.1. The molecule has 19 heavy (non-hydrogen) atoms. The van der Waals surface area contributed by atoms with Crippen molar-refractivity contribution in [1.29, 1.82) is 0 Å². The van der Waals surface area contributed by atoms with Crippen LogP contribution in [0.25, 0.3) is 0 Å². The summed E-state index contributed by atoms with van der Waals surface area (Å²) in [5, 5.41) is 19.7. The van der Waals surface area contributed by atoms with E-state index in [1.807, 2.05) is 27.7 Å². The van der Waals surface area contributed by atoms with Crippen LogP contribution in [0.3, 0.4) is 0 Å². The Kier molecular flexibility index (Phi) is 3.52. The number of phenolic OH excluding ortho intramolecular Hbond substituents is 2. The zero-order chi connectivity index (χ0) is 14.2. The molecule has 2 heteroatoms. The van der Waals surface area contributed by atoms with Crippen LogP contribution in [0, 0.1) is 27.7 Å². The lowest BCUT2D eigenvalue weighted by atomic mass is 9.92. The first-order chi connectivity index (χ1) is 8.88. The van der Waals surface area contributed by atoms with Gasteiger partial charge in [-0.25, -0.2) is 0 Å². The van der Waals surface area contributed by atoms with Gasteiger partial charge in [-0.3, -0.25) is 0 Å². The van der Waals surface area contributed by atoms with Gasteiger partial charge in [-0.15, -0.1) is 0 Å². The summed E-state index contributed by atoms with van der Waals surface area (Å²) in [6, 6.07) is 7.42. The highest BCUT2D eigenvalue weighted by atomic mass is 16.3. The van der Waals surface area contributed by atoms with Crippen LogP contribution in [0.15, 0.2) is 24.3 Å². The van der Waals surface area contributed by atoms with E-state index in [-0.39, 0.29) is 0 Å². The van der Waals surface area contributed by atoms with Crippen LogP contribution in [0.1, 0.15) is 33.4 Å². The molecule has 0 spiro atoms. The number of rotatable bonds is 2. The van der Waals surface area contributed by atoms with Crippen LogP contribution in [0.2, 0.25) is 0 Å². The minimum absolute atomic E-state index is 0.295. The van der Waals surface area contributed by atoms with Gasteiger partial charge in [0.2, 0.25) is 0 Å². The first kappa shape index (κ1) is 13.5. The minimum atomic E-state index is 0.295. The summed E-state index contributed by atoms with van der Waals surface area (Å²) < 4.78 is 0. The number of phenols is 2. The Hall–Kier alpha value is -1.96. The maximum Gasteiger partial charge on any atom is 0.119 e. The van der Waals surface area contributed by atoms with Crippen molar-refractivity contribution >= 4 is 0 Å². The van der Waals surface area contributed by atoms with Gasteiger partial charge in [0.1, 0.15) is 11.5 Å².